The first kappa shape index (κ1) is 16.1. The Morgan fingerprint density at radius 1 is 1.12 bits per heavy atom. The third-order valence-corrected chi connectivity index (χ3v) is 5.12. The van der Waals surface area contributed by atoms with Crippen molar-refractivity contribution in [1.29, 1.82) is 0 Å². The lowest BCUT2D eigenvalue weighted by atomic mass is 10.1. The van der Waals surface area contributed by atoms with Gasteiger partial charge in [-0.3, -0.25) is 4.90 Å². The van der Waals surface area contributed by atoms with E-state index in [1.165, 1.54) is 5.56 Å². The number of hydrogen-bond acceptors (Lipinski definition) is 4. The molecule has 0 aliphatic carbocycles. The van der Waals surface area contributed by atoms with Crippen molar-refractivity contribution in [2.75, 3.05) is 24.5 Å². The maximum atomic E-state index is 4.67. The van der Waals surface area contributed by atoms with Crippen LogP contribution in [0.2, 0.25) is 0 Å². The number of aromatic nitrogens is 3. The fraction of sp³-hybridized carbons (Fsp3) is 0.400. The standard InChI is InChI=1S/C20H25N5/c1-16-14-19-20(21-9-11-25(19)22-16)23-10-8-17(2)24(13-12-23)15-18-6-4-3-5-7-18/h3-7,9,11,14,17H,8,10,12-13,15H2,1-2H3. The van der Waals surface area contributed by atoms with Crippen molar-refractivity contribution >= 4 is 11.3 Å². The summed E-state index contributed by atoms with van der Waals surface area (Å²) < 4.78 is 1.94. The molecule has 0 radical (unpaired) electrons. The smallest absolute Gasteiger partial charge is 0.154 e. The maximum absolute atomic E-state index is 4.67. The molecule has 1 saturated heterocycles. The van der Waals surface area contributed by atoms with Gasteiger partial charge in [-0.1, -0.05) is 30.3 Å². The first-order valence-corrected chi connectivity index (χ1v) is 9.04. The Labute approximate surface area is 148 Å². The van der Waals surface area contributed by atoms with Crippen LogP contribution in [0, 0.1) is 6.92 Å². The second-order valence-corrected chi connectivity index (χ2v) is 6.95. The van der Waals surface area contributed by atoms with Crippen LogP contribution in [0.25, 0.3) is 5.52 Å². The molecule has 25 heavy (non-hydrogen) atoms. The van der Waals surface area contributed by atoms with Crippen molar-refractivity contribution in [2.45, 2.75) is 32.9 Å². The summed E-state index contributed by atoms with van der Waals surface area (Å²) in [4.78, 5) is 9.66. The van der Waals surface area contributed by atoms with Gasteiger partial charge in [0.1, 0.15) is 5.52 Å². The molecule has 1 unspecified atom stereocenters. The first-order chi connectivity index (χ1) is 12.2. The van der Waals surface area contributed by atoms with E-state index in [1.54, 1.807) is 0 Å². The Morgan fingerprint density at radius 2 is 1.96 bits per heavy atom. The molecular weight excluding hydrogens is 310 g/mol. The molecule has 4 rings (SSSR count). The van der Waals surface area contributed by atoms with E-state index < -0.39 is 0 Å². The molecule has 3 aromatic rings. The normalized spacial score (nSPS) is 19.3. The monoisotopic (exact) mass is 335 g/mol. The van der Waals surface area contributed by atoms with E-state index in [1.807, 2.05) is 23.8 Å². The molecule has 1 fully saturated rings. The van der Waals surface area contributed by atoms with Crippen LogP contribution in [0.15, 0.2) is 48.8 Å². The minimum atomic E-state index is 0.566. The zero-order valence-electron chi connectivity index (χ0n) is 15.0. The van der Waals surface area contributed by atoms with Crippen LogP contribution < -0.4 is 4.90 Å². The van der Waals surface area contributed by atoms with Crippen LogP contribution in [0.1, 0.15) is 24.6 Å². The van der Waals surface area contributed by atoms with Gasteiger partial charge in [-0.2, -0.15) is 5.10 Å². The SMILES string of the molecule is Cc1cc2c(N3CCC(C)N(Cc4ccccc4)CC3)nccn2n1. The van der Waals surface area contributed by atoms with E-state index in [4.69, 9.17) is 0 Å². The van der Waals surface area contributed by atoms with Gasteiger partial charge in [0, 0.05) is 44.6 Å². The number of hydrogen-bond donors (Lipinski definition) is 0. The Kier molecular flexibility index (Phi) is 4.40. The summed E-state index contributed by atoms with van der Waals surface area (Å²) in [6.07, 6.45) is 4.92. The Morgan fingerprint density at radius 3 is 2.80 bits per heavy atom. The highest BCUT2D eigenvalue weighted by Gasteiger charge is 2.23. The number of rotatable bonds is 3. The van der Waals surface area contributed by atoms with Crippen LogP contribution in [0.5, 0.6) is 0 Å². The van der Waals surface area contributed by atoms with Crippen molar-refractivity contribution in [3.63, 3.8) is 0 Å². The minimum absolute atomic E-state index is 0.566. The summed E-state index contributed by atoms with van der Waals surface area (Å²) in [5.74, 6) is 1.05. The number of benzene rings is 1. The van der Waals surface area contributed by atoms with E-state index in [2.05, 4.69) is 63.2 Å². The molecule has 3 heterocycles. The second kappa shape index (κ2) is 6.84. The number of fused-ring (bicyclic) bond motifs is 1. The fourth-order valence-corrected chi connectivity index (χ4v) is 3.65. The molecule has 0 spiro atoms. The molecule has 1 aliphatic heterocycles. The highest BCUT2D eigenvalue weighted by Crippen LogP contribution is 2.23. The zero-order valence-corrected chi connectivity index (χ0v) is 15.0. The van der Waals surface area contributed by atoms with Gasteiger partial charge in [-0.25, -0.2) is 9.50 Å². The number of anilines is 1. The van der Waals surface area contributed by atoms with Crippen LogP contribution >= 0.6 is 0 Å². The van der Waals surface area contributed by atoms with E-state index in [-0.39, 0.29) is 0 Å². The quantitative estimate of drug-likeness (QED) is 0.737. The van der Waals surface area contributed by atoms with E-state index in [9.17, 15) is 0 Å². The van der Waals surface area contributed by atoms with Gasteiger partial charge in [0.05, 0.1) is 5.69 Å². The zero-order chi connectivity index (χ0) is 17.2. The molecule has 1 atom stereocenters. The van der Waals surface area contributed by atoms with Gasteiger partial charge in [0.25, 0.3) is 0 Å². The first-order valence-electron chi connectivity index (χ1n) is 9.04. The lowest BCUT2D eigenvalue weighted by molar-refractivity contribution is 0.212. The molecule has 0 N–H and O–H groups in total. The van der Waals surface area contributed by atoms with Crippen molar-refractivity contribution in [3.05, 3.63) is 60.0 Å². The lowest BCUT2D eigenvalue weighted by Gasteiger charge is -2.26. The third kappa shape index (κ3) is 3.37. The molecule has 130 valence electrons. The third-order valence-electron chi connectivity index (χ3n) is 5.12. The molecular formula is C20H25N5. The molecule has 0 amide bonds. The average Bonchev–Trinajstić information content (AvgIpc) is 2.92. The van der Waals surface area contributed by atoms with Crippen LogP contribution in [0.4, 0.5) is 5.82 Å². The van der Waals surface area contributed by atoms with Gasteiger partial charge in [0.15, 0.2) is 5.82 Å². The maximum Gasteiger partial charge on any atom is 0.154 e. The topological polar surface area (TPSA) is 36.7 Å². The van der Waals surface area contributed by atoms with Crippen molar-refractivity contribution < 1.29 is 0 Å². The summed E-state index contributed by atoms with van der Waals surface area (Å²) >= 11 is 0. The predicted octanol–water partition coefficient (Wildman–Crippen LogP) is 3.14. The highest BCUT2D eigenvalue weighted by molar-refractivity contribution is 5.69. The van der Waals surface area contributed by atoms with Crippen LogP contribution in [0.3, 0.4) is 0 Å². The van der Waals surface area contributed by atoms with Gasteiger partial charge >= 0.3 is 0 Å². The predicted molar refractivity (Wildman–Crippen MR) is 101 cm³/mol. The number of aryl methyl sites for hydroxylation is 1. The van der Waals surface area contributed by atoms with E-state index >= 15 is 0 Å². The molecule has 1 aliphatic rings. The minimum Gasteiger partial charge on any atom is -0.353 e. The largest absolute Gasteiger partial charge is 0.353 e. The fourth-order valence-electron chi connectivity index (χ4n) is 3.65. The average molecular weight is 335 g/mol. The summed E-state index contributed by atoms with van der Waals surface area (Å²) in [6, 6.07) is 13.4. The van der Waals surface area contributed by atoms with E-state index in [0.29, 0.717) is 6.04 Å². The van der Waals surface area contributed by atoms with Gasteiger partial charge in [-0.15, -0.1) is 0 Å². The molecule has 0 saturated carbocycles. The van der Waals surface area contributed by atoms with Crippen LogP contribution in [-0.4, -0.2) is 45.2 Å². The Balaban J connectivity index is 1.54. The Bertz CT molecular complexity index is 842. The highest BCUT2D eigenvalue weighted by atomic mass is 15.3. The van der Waals surface area contributed by atoms with Crippen LogP contribution in [-0.2, 0) is 6.54 Å². The Hall–Kier alpha value is -2.40. The van der Waals surface area contributed by atoms with Gasteiger partial charge in [0.2, 0.25) is 0 Å². The van der Waals surface area contributed by atoms with Gasteiger partial charge in [-0.05, 0) is 31.9 Å². The summed E-state index contributed by atoms with van der Waals surface area (Å²) in [5, 5.41) is 4.52. The molecule has 1 aromatic carbocycles. The van der Waals surface area contributed by atoms with Gasteiger partial charge < -0.3 is 4.90 Å². The summed E-state index contributed by atoms with van der Waals surface area (Å²) in [7, 11) is 0. The molecule has 5 nitrogen and oxygen atoms in total. The molecule has 2 aromatic heterocycles. The summed E-state index contributed by atoms with van der Waals surface area (Å²) in [6.45, 7) is 8.45. The van der Waals surface area contributed by atoms with E-state index in [0.717, 1.165) is 49.6 Å². The lowest BCUT2D eigenvalue weighted by Crippen LogP contribution is -2.34. The van der Waals surface area contributed by atoms with Crippen molar-refractivity contribution in [3.8, 4) is 0 Å². The summed E-state index contributed by atoms with van der Waals surface area (Å²) in [5.41, 5.74) is 3.52. The number of nitrogens with zero attached hydrogens (tertiary/aromatic N) is 5. The molecule has 5 heteroatoms. The second-order valence-electron chi connectivity index (χ2n) is 6.95. The van der Waals surface area contributed by atoms with Crippen molar-refractivity contribution in [2.24, 2.45) is 0 Å². The molecule has 0 bridgehead atoms. The van der Waals surface area contributed by atoms with Crippen molar-refractivity contribution in [1.82, 2.24) is 19.5 Å².